The van der Waals surface area contributed by atoms with Crippen LogP contribution in [0.3, 0.4) is 0 Å². The van der Waals surface area contributed by atoms with E-state index in [9.17, 15) is 0 Å². The molecule has 1 saturated heterocycles. The summed E-state index contributed by atoms with van der Waals surface area (Å²) in [5.74, 6) is 2.69. The maximum atomic E-state index is 5.57. The van der Waals surface area contributed by atoms with Crippen LogP contribution in [0.1, 0.15) is 53.9 Å². The minimum absolute atomic E-state index is 0.101. The van der Waals surface area contributed by atoms with Gasteiger partial charge in [0.1, 0.15) is 5.75 Å². The lowest BCUT2D eigenvalue weighted by atomic mass is 9.64. The van der Waals surface area contributed by atoms with E-state index in [1.807, 2.05) is 0 Å². The predicted octanol–water partition coefficient (Wildman–Crippen LogP) is 6.64. The lowest BCUT2D eigenvalue weighted by Crippen LogP contribution is -2.39. The van der Waals surface area contributed by atoms with Gasteiger partial charge in [0.2, 0.25) is 0 Å². The monoisotopic (exact) mass is 485 g/mol. The van der Waals surface area contributed by atoms with Gasteiger partial charge in [0.15, 0.2) is 6.29 Å². The van der Waals surface area contributed by atoms with E-state index >= 15 is 0 Å². The second kappa shape index (κ2) is 11.1. The molecule has 0 unspecified atom stereocenters. The first-order chi connectivity index (χ1) is 17.6. The number of rotatable bonds is 7. The third-order valence-corrected chi connectivity index (χ3v) is 8.39. The smallest absolute Gasteiger partial charge is 0.159 e. The van der Waals surface area contributed by atoms with Gasteiger partial charge in [-0.2, -0.15) is 0 Å². The van der Waals surface area contributed by atoms with E-state index in [2.05, 4.69) is 84.6 Å². The Morgan fingerprint density at radius 2 is 1.50 bits per heavy atom. The Bertz CT molecular complexity index is 1120. The highest BCUT2D eigenvalue weighted by Gasteiger charge is 2.37. The molecule has 5 rings (SSSR count). The number of nitrogens with zero attached hydrogens (tertiary/aromatic N) is 1. The molecule has 1 fully saturated rings. The van der Waals surface area contributed by atoms with Crippen molar-refractivity contribution >= 4 is 5.69 Å². The topological polar surface area (TPSA) is 30.9 Å². The molecule has 0 saturated carbocycles. The normalized spacial score (nSPS) is 22.5. The summed E-state index contributed by atoms with van der Waals surface area (Å²) < 4.78 is 16.6. The number of benzene rings is 3. The molecule has 4 heteroatoms. The van der Waals surface area contributed by atoms with Crippen molar-refractivity contribution in [2.24, 2.45) is 11.8 Å². The minimum Gasteiger partial charge on any atom is -0.497 e. The van der Waals surface area contributed by atoms with Crippen LogP contribution in [0.15, 0.2) is 72.8 Å². The first-order valence-corrected chi connectivity index (χ1v) is 13.2. The van der Waals surface area contributed by atoms with Gasteiger partial charge in [-0.15, -0.1) is 0 Å². The summed E-state index contributed by atoms with van der Waals surface area (Å²) in [7, 11) is 5.23. The highest BCUT2D eigenvalue weighted by atomic mass is 16.7. The lowest BCUT2D eigenvalue weighted by molar-refractivity contribution is -0.141. The van der Waals surface area contributed by atoms with Crippen molar-refractivity contribution in [3.05, 3.63) is 95.1 Å². The summed E-state index contributed by atoms with van der Waals surface area (Å²) in [6.45, 7) is 4.46. The molecule has 3 aromatic carbocycles. The Hall–Kier alpha value is -2.82. The largest absolute Gasteiger partial charge is 0.497 e. The second-order valence-corrected chi connectivity index (χ2v) is 10.4. The number of fused-ring (bicyclic) bond motifs is 1. The Morgan fingerprint density at radius 1 is 0.806 bits per heavy atom. The van der Waals surface area contributed by atoms with Crippen molar-refractivity contribution in [2.45, 2.75) is 44.3 Å². The second-order valence-electron chi connectivity index (χ2n) is 10.4. The Kier molecular flexibility index (Phi) is 7.64. The highest BCUT2D eigenvalue weighted by molar-refractivity contribution is 5.53. The predicted molar refractivity (Wildman–Crippen MR) is 146 cm³/mol. The third-order valence-electron chi connectivity index (χ3n) is 8.39. The van der Waals surface area contributed by atoms with Crippen molar-refractivity contribution in [1.29, 1.82) is 0 Å². The molecule has 1 aliphatic heterocycles. The number of hydrogen-bond acceptors (Lipinski definition) is 4. The van der Waals surface area contributed by atoms with Crippen LogP contribution in [0, 0.1) is 11.8 Å². The van der Waals surface area contributed by atoms with Gasteiger partial charge in [-0.05, 0) is 77.6 Å². The Labute approximate surface area is 216 Å². The van der Waals surface area contributed by atoms with E-state index < -0.39 is 0 Å². The molecule has 0 radical (unpaired) electrons. The first-order valence-electron chi connectivity index (χ1n) is 13.2. The molecule has 0 bridgehead atoms. The van der Waals surface area contributed by atoms with E-state index in [0.29, 0.717) is 23.7 Å². The van der Waals surface area contributed by atoms with E-state index in [1.165, 1.54) is 27.9 Å². The van der Waals surface area contributed by atoms with Gasteiger partial charge in [0, 0.05) is 44.8 Å². The van der Waals surface area contributed by atoms with Crippen LogP contribution >= 0.6 is 0 Å². The zero-order chi connectivity index (χ0) is 25.1. The molecule has 1 heterocycles. The van der Waals surface area contributed by atoms with Gasteiger partial charge in [-0.25, -0.2) is 0 Å². The molecule has 2 aliphatic rings. The molecular weight excluding hydrogens is 446 g/mol. The summed E-state index contributed by atoms with van der Waals surface area (Å²) in [6, 6.07) is 27.1. The number of ether oxygens (including phenoxy) is 3. The van der Waals surface area contributed by atoms with Crippen molar-refractivity contribution < 1.29 is 14.2 Å². The Morgan fingerprint density at radius 3 is 2.14 bits per heavy atom. The number of anilines is 1. The average Bonchev–Trinajstić information content (AvgIpc) is 2.93. The number of hydrogen-bond donors (Lipinski definition) is 0. The first kappa shape index (κ1) is 24.9. The highest BCUT2D eigenvalue weighted by Crippen LogP contribution is 2.49. The molecule has 3 aromatic rings. The zero-order valence-corrected chi connectivity index (χ0v) is 22.0. The fourth-order valence-electron chi connectivity index (χ4n) is 6.57. The van der Waals surface area contributed by atoms with Crippen molar-refractivity contribution in [3.63, 3.8) is 0 Å². The van der Waals surface area contributed by atoms with Crippen molar-refractivity contribution in [3.8, 4) is 5.75 Å². The van der Waals surface area contributed by atoms with Crippen molar-refractivity contribution in [1.82, 2.24) is 0 Å². The van der Waals surface area contributed by atoms with E-state index in [1.54, 1.807) is 21.3 Å². The van der Waals surface area contributed by atoms with Gasteiger partial charge in [-0.3, -0.25) is 0 Å². The zero-order valence-electron chi connectivity index (χ0n) is 22.0. The fourth-order valence-corrected chi connectivity index (χ4v) is 6.57. The van der Waals surface area contributed by atoms with Gasteiger partial charge < -0.3 is 19.1 Å². The molecule has 3 atom stereocenters. The lowest BCUT2D eigenvalue weighted by Gasteiger charge is -2.40. The minimum atomic E-state index is -0.101. The summed E-state index contributed by atoms with van der Waals surface area (Å²) in [5, 5.41) is 0. The van der Waals surface area contributed by atoms with Crippen LogP contribution in [0.5, 0.6) is 5.75 Å². The molecule has 0 aromatic heterocycles. The standard InChI is InChI=1S/C32H39NO3/c1-22-20-26-21-28(34-2)14-15-29(26)31(30(22)23-8-6-5-7-9-23)24-10-12-27(13-11-24)33-18-16-25(17-19-33)32(35-3)36-4/h5-15,21-22,25,30-32H,16-20H2,1-4H3/t22-,30+,31+/m1/s1. The quantitative estimate of drug-likeness (QED) is 0.351. The van der Waals surface area contributed by atoms with Crippen LogP contribution in [0.4, 0.5) is 5.69 Å². The molecule has 0 N–H and O–H groups in total. The third kappa shape index (κ3) is 4.89. The number of methoxy groups -OCH3 is 3. The summed E-state index contributed by atoms with van der Waals surface area (Å²) >= 11 is 0. The number of piperidine rings is 1. The molecule has 0 amide bonds. The van der Waals surface area contributed by atoms with Gasteiger partial charge >= 0.3 is 0 Å². The molecule has 36 heavy (non-hydrogen) atoms. The fraction of sp³-hybridized carbons (Fsp3) is 0.438. The van der Waals surface area contributed by atoms with E-state index in [0.717, 1.165) is 38.1 Å². The van der Waals surface area contributed by atoms with Crippen LogP contribution in [-0.2, 0) is 15.9 Å². The Balaban J connectivity index is 1.43. The van der Waals surface area contributed by atoms with E-state index in [-0.39, 0.29) is 6.29 Å². The van der Waals surface area contributed by atoms with Crippen molar-refractivity contribution in [2.75, 3.05) is 39.3 Å². The summed E-state index contributed by atoms with van der Waals surface area (Å²) in [4.78, 5) is 2.50. The molecule has 0 spiro atoms. The molecule has 1 aliphatic carbocycles. The summed E-state index contributed by atoms with van der Waals surface area (Å²) in [5.41, 5.74) is 6.96. The van der Waals surface area contributed by atoms with Gasteiger partial charge in [-0.1, -0.05) is 55.5 Å². The average molecular weight is 486 g/mol. The van der Waals surface area contributed by atoms with Gasteiger partial charge in [0.05, 0.1) is 7.11 Å². The van der Waals surface area contributed by atoms with Crippen LogP contribution in [-0.4, -0.2) is 40.7 Å². The molecule has 4 nitrogen and oxygen atoms in total. The van der Waals surface area contributed by atoms with Crippen LogP contribution in [0.25, 0.3) is 0 Å². The summed E-state index contributed by atoms with van der Waals surface area (Å²) in [6.07, 6.45) is 3.13. The SMILES string of the molecule is COc1ccc2c(c1)C[C@@H](C)[C@@H](c1ccccc1)[C@H]2c1ccc(N2CCC(C(OC)OC)CC2)cc1. The molecule has 190 valence electrons. The van der Waals surface area contributed by atoms with Crippen LogP contribution in [0.2, 0.25) is 0 Å². The van der Waals surface area contributed by atoms with Crippen LogP contribution < -0.4 is 9.64 Å². The molecular formula is C32H39NO3. The van der Waals surface area contributed by atoms with Gasteiger partial charge in [0.25, 0.3) is 0 Å². The van der Waals surface area contributed by atoms with E-state index in [4.69, 9.17) is 14.2 Å². The maximum Gasteiger partial charge on any atom is 0.159 e. The maximum absolute atomic E-state index is 5.57.